The van der Waals surface area contributed by atoms with Gasteiger partial charge in [0, 0.05) is 26.1 Å². The van der Waals surface area contributed by atoms with Gasteiger partial charge in [-0.15, -0.1) is 0 Å². The van der Waals surface area contributed by atoms with Crippen LogP contribution in [0.3, 0.4) is 0 Å². The van der Waals surface area contributed by atoms with E-state index in [1.165, 1.54) is 0 Å². The molecule has 0 radical (unpaired) electrons. The second-order valence-electron chi connectivity index (χ2n) is 4.61. The van der Waals surface area contributed by atoms with Gasteiger partial charge in [-0.3, -0.25) is 0 Å². The number of nitrogens with zero attached hydrogens (tertiary/aromatic N) is 1. The fourth-order valence-corrected chi connectivity index (χ4v) is 2.02. The van der Waals surface area contributed by atoms with Crippen molar-refractivity contribution in [2.75, 3.05) is 26.3 Å². The summed E-state index contributed by atoms with van der Waals surface area (Å²) in [7, 11) is 0. The molecule has 1 rings (SSSR count). The topological polar surface area (TPSA) is 78.9 Å². The molecule has 1 unspecified atom stereocenters. The van der Waals surface area contributed by atoms with Gasteiger partial charge in [0.1, 0.15) is 0 Å². The van der Waals surface area contributed by atoms with Gasteiger partial charge in [-0.05, 0) is 12.8 Å². The molecule has 0 bridgehead atoms. The normalized spacial score (nSPS) is 22.8. The van der Waals surface area contributed by atoms with Crippen LogP contribution in [0.2, 0.25) is 0 Å². The molecule has 6 nitrogen and oxygen atoms in total. The zero-order chi connectivity index (χ0) is 13.6. The Hall–Kier alpha value is -1.30. The summed E-state index contributed by atoms with van der Waals surface area (Å²) in [5.74, 6) is -1.03. The van der Waals surface area contributed by atoms with Gasteiger partial charge in [-0.2, -0.15) is 0 Å². The molecule has 1 aliphatic heterocycles. The molecule has 1 saturated heterocycles. The van der Waals surface area contributed by atoms with Crippen molar-refractivity contribution in [1.29, 1.82) is 0 Å². The van der Waals surface area contributed by atoms with E-state index in [9.17, 15) is 14.7 Å². The minimum atomic E-state index is -1.25. The van der Waals surface area contributed by atoms with Gasteiger partial charge < -0.3 is 20.1 Å². The first-order valence-electron chi connectivity index (χ1n) is 6.44. The fraction of sp³-hybridized carbons (Fsp3) is 0.833. The maximum absolute atomic E-state index is 12.1. The molecule has 6 heteroatoms. The molecule has 1 heterocycles. The largest absolute Gasteiger partial charge is 0.479 e. The van der Waals surface area contributed by atoms with Crippen LogP contribution in [0.15, 0.2) is 0 Å². The average Bonchev–Trinajstić information content (AvgIpc) is 2.78. The molecule has 0 saturated carbocycles. The lowest BCUT2D eigenvalue weighted by atomic mass is 9.99. The second-order valence-corrected chi connectivity index (χ2v) is 4.61. The molecule has 1 fully saturated rings. The third-order valence-electron chi connectivity index (χ3n) is 3.05. The number of amides is 2. The highest BCUT2D eigenvalue weighted by Crippen LogP contribution is 2.19. The quantitative estimate of drug-likeness (QED) is 0.746. The summed E-state index contributed by atoms with van der Waals surface area (Å²) in [5.41, 5.74) is -1.25. The molecular weight excluding hydrogens is 236 g/mol. The number of urea groups is 1. The Balaban J connectivity index is 2.67. The van der Waals surface area contributed by atoms with Crippen molar-refractivity contribution in [3.63, 3.8) is 0 Å². The Morgan fingerprint density at radius 2 is 1.94 bits per heavy atom. The Kier molecular flexibility index (Phi) is 5.40. The fourth-order valence-electron chi connectivity index (χ4n) is 2.02. The first-order valence-corrected chi connectivity index (χ1v) is 6.44. The highest BCUT2D eigenvalue weighted by Gasteiger charge is 2.44. The summed E-state index contributed by atoms with van der Waals surface area (Å²) < 4.78 is 5.11. The number of aliphatic carboxylic acids is 1. The van der Waals surface area contributed by atoms with E-state index in [0.717, 1.165) is 12.8 Å². The number of carbonyl (C=O) groups excluding carboxylic acids is 1. The molecule has 2 N–H and O–H groups in total. The van der Waals surface area contributed by atoms with Crippen LogP contribution in [0.5, 0.6) is 0 Å². The lowest BCUT2D eigenvalue weighted by Gasteiger charge is -2.29. The van der Waals surface area contributed by atoms with Gasteiger partial charge in [0.05, 0.1) is 6.61 Å². The van der Waals surface area contributed by atoms with Crippen LogP contribution in [0, 0.1) is 0 Å². The second kappa shape index (κ2) is 6.58. The van der Waals surface area contributed by atoms with E-state index >= 15 is 0 Å². The number of rotatable bonds is 6. The molecule has 0 aromatic heterocycles. The Bertz CT molecular complexity index is 294. The van der Waals surface area contributed by atoms with E-state index < -0.39 is 11.5 Å². The van der Waals surface area contributed by atoms with Crippen molar-refractivity contribution >= 4 is 12.0 Å². The van der Waals surface area contributed by atoms with E-state index in [2.05, 4.69) is 5.32 Å². The summed E-state index contributed by atoms with van der Waals surface area (Å²) >= 11 is 0. The minimum Gasteiger partial charge on any atom is -0.479 e. The maximum Gasteiger partial charge on any atom is 0.332 e. The Labute approximate surface area is 107 Å². The van der Waals surface area contributed by atoms with Crippen LogP contribution in [0.25, 0.3) is 0 Å². The maximum atomic E-state index is 12.1. The van der Waals surface area contributed by atoms with E-state index in [-0.39, 0.29) is 12.6 Å². The van der Waals surface area contributed by atoms with E-state index in [4.69, 9.17) is 4.74 Å². The van der Waals surface area contributed by atoms with Crippen LogP contribution in [0.1, 0.15) is 33.1 Å². The zero-order valence-corrected chi connectivity index (χ0v) is 11.1. The highest BCUT2D eigenvalue weighted by atomic mass is 16.5. The first kappa shape index (κ1) is 14.8. The van der Waals surface area contributed by atoms with Crippen LogP contribution in [-0.4, -0.2) is 53.8 Å². The molecule has 1 atom stereocenters. The SMILES string of the molecule is CCCN(CCC)C(=O)NC1(C(=O)O)CCOC1. The van der Waals surface area contributed by atoms with Gasteiger partial charge in [0.2, 0.25) is 0 Å². The van der Waals surface area contributed by atoms with Crippen LogP contribution in [-0.2, 0) is 9.53 Å². The summed E-state index contributed by atoms with van der Waals surface area (Å²) in [6.45, 7) is 5.66. The smallest absolute Gasteiger partial charge is 0.332 e. The molecule has 104 valence electrons. The predicted molar refractivity (Wildman–Crippen MR) is 66.5 cm³/mol. The van der Waals surface area contributed by atoms with Crippen LogP contribution in [0.4, 0.5) is 4.79 Å². The molecular formula is C12H22N2O4. The lowest BCUT2D eigenvalue weighted by Crippen LogP contribution is -2.58. The van der Waals surface area contributed by atoms with Crippen molar-refractivity contribution in [2.45, 2.75) is 38.6 Å². The number of ether oxygens (including phenoxy) is 1. The van der Waals surface area contributed by atoms with Crippen molar-refractivity contribution in [3.8, 4) is 0 Å². The molecule has 0 spiro atoms. The molecule has 2 amide bonds. The van der Waals surface area contributed by atoms with Gasteiger partial charge in [0.25, 0.3) is 0 Å². The number of nitrogens with one attached hydrogen (secondary N) is 1. The first-order chi connectivity index (χ1) is 8.55. The third-order valence-corrected chi connectivity index (χ3v) is 3.05. The van der Waals surface area contributed by atoms with E-state index in [1.54, 1.807) is 4.90 Å². The van der Waals surface area contributed by atoms with Crippen molar-refractivity contribution in [1.82, 2.24) is 10.2 Å². The number of hydrogen-bond acceptors (Lipinski definition) is 3. The van der Waals surface area contributed by atoms with Crippen molar-refractivity contribution < 1.29 is 19.4 Å². The number of hydrogen-bond donors (Lipinski definition) is 2. The Morgan fingerprint density at radius 1 is 1.33 bits per heavy atom. The minimum absolute atomic E-state index is 0.0418. The molecule has 0 aromatic carbocycles. The van der Waals surface area contributed by atoms with Gasteiger partial charge in [0.15, 0.2) is 5.54 Å². The zero-order valence-electron chi connectivity index (χ0n) is 11.1. The number of carboxylic acid groups (broad SMARTS) is 1. The van der Waals surface area contributed by atoms with Crippen molar-refractivity contribution in [2.24, 2.45) is 0 Å². The number of carbonyl (C=O) groups is 2. The highest BCUT2D eigenvalue weighted by molar-refractivity contribution is 5.86. The number of carboxylic acids is 1. The van der Waals surface area contributed by atoms with Gasteiger partial charge in [-0.1, -0.05) is 13.8 Å². The molecule has 18 heavy (non-hydrogen) atoms. The van der Waals surface area contributed by atoms with Gasteiger partial charge in [-0.25, -0.2) is 9.59 Å². The molecule has 1 aliphatic rings. The summed E-state index contributed by atoms with van der Waals surface area (Å²) in [6, 6.07) is -0.313. The predicted octanol–water partition coefficient (Wildman–Crippen LogP) is 1.06. The summed E-state index contributed by atoms with van der Waals surface area (Å²) in [5, 5.41) is 11.9. The van der Waals surface area contributed by atoms with Crippen LogP contribution < -0.4 is 5.32 Å². The summed E-state index contributed by atoms with van der Waals surface area (Å²) in [6.07, 6.45) is 2.02. The van der Waals surface area contributed by atoms with Gasteiger partial charge >= 0.3 is 12.0 Å². The van der Waals surface area contributed by atoms with E-state index in [1.807, 2.05) is 13.8 Å². The van der Waals surface area contributed by atoms with E-state index in [0.29, 0.717) is 26.1 Å². The lowest BCUT2D eigenvalue weighted by molar-refractivity contribution is -0.144. The summed E-state index contributed by atoms with van der Waals surface area (Å²) in [4.78, 5) is 25.0. The standard InChI is InChI=1S/C12H22N2O4/c1-3-6-14(7-4-2)11(17)13-12(10(15)16)5-8-18-9-12/h3-9H2,1-2H3,(H,13,17)(H,15,16). The Morgan fingerprint density at radius 3 is 2.33 bits per heavy atom. The third kappa shape index (κ3) is 3.35. The molecule has 0 aromatic rings. The van der Waals surface area contributed by atoms with Crippen LogP contribution >= 0.6 is 0 Å². The monoisotopic (exact) mass is 258 g/mol. The van der Waals surface area contributed by atoms with Crippen molar-refractivity contribution in [3.05, 3.63) is 0 Å². The average molecular weight is 258 g/mol. The molecule has 0 aliphatic carbocycles.